The van der Waals surface area contributed by atoms with Gasteiger partial charge in [-0.15, -0.1) is 0 Å². The Morgan fingerprint density at radius 3 is 2.36 bits per heavy atom. The van der Waals surface area contributed by atoms with E-state index in [1.807, 2.05) is 0 Å². The van der Waals surface area contributed by atoms with Crippen LogP contribution in [0, 0.1) is 0 Å². The molecule has 0 aliphatic rings. The second kappa shape index (κ2) is 6.22. The van der Waals surface area contributed by atoms with Crippen molar-refractivity contribution < 1.29 is 19.1 Å². The van der Waals surface area contributed by atoms with E-state index in [1.165, 1.54) is 7.11 Å². The number of rotatable bonds is 6. The third kappa shape index (κ3) is 3.82. The SMILES string of the molecule is CCOC(=O)C(Cl)(Cl)C(=O)CCOC. The zero-order valence-electron chi connectivity index (χ0n) is 8.01. The molecule has 4 nitrogen and oxygen atoms in total. The Kier molecular flexibility index (Phi) is 6.08. The van der Waals surface area contributed by atoms with E-state index in [-0.39, 0.29) is 19.6 Å². The van der Waals surface area contributed by atoms with E-state index in [9.17, 15) is 9.59 Å². The first-order valence-electron chi connectivity index (χ1n) is 4.04. The lowest BCUT2D eigenvalue weighted by Crippen LogP contribution is -2.37. The molecule has 0 rings (SSSR count). The molecule has 6 heteroatoms. The van der Waals surface area contributed by atoms with Gasteiger partial charge in [0.15, 0.2) is 5.78 Å². The van der Waals surface area contributed by atoms with Crippen molar-refractivity contribution in [3.8, 4) is 0 Å². The van der Waals surface area contributed by atoms with E-state index in [2.05, 4.69) is 9.47 Å². The molecule has 0 aromatic carbocycles. The summed E-state index contributed by atoms with van der Waals surface area (Å²) in [6.45, 7) is 1.89. The highest BCUT2D eigenvalue weighted by Gasteiger charge is 2.42. The Balaban J connectivity index is 4.28. The fraction of sp³-hybridized carbons (Fsp3) is 0.750. The number of esters is 1. The third-order valence-corrected chi connectivity index (χ3v) is 2.15. The monoisotopic (exact) mass is 242 g/mol. The minimum atomic E-state index is -2.12. The molecular formula is C8H12Cl2O4. The van der Waals surface area contributed by atoms with E-state index in [0.717, 1.165) is 0 Å². The molecule has 0 heterocycles. The van der Waals surface area contributed by atoms with Gasteiger partial charge in [0.05, 0.1) is 13.2 Å². The van der Waals surface area contributed by atoms with Gasteiger partial charge in [0, 0.05) is 13.5 Å². The lowest BCUT2D eigenvalue weighted by molar-refractivity contribution is -0.146. The van der Waals surface area contributed by atoms with Crippen LogP contribution < -0.4 is 0 Å². The molecule has 0 aliphatic heterocycles. The number of Topliss-reactive ketones (excluding diaryl/α,β-unsaturated/α-hetero) is 1. The second-order valence-corrected chi connectivity index (χ2v) is 3.79. The van der Waals surface area contributed by atoms with Crippen LogP contribution in [0.3, 0.4) is 0 Å². The zero-order chi connectivity index (χ0) is 11.2. The number of alkyl halides is 2. The lowest BCUT2D eigenvalue weighted by Gasteiger charge is -2.15. The quantitative estimate of drug-likeness (QED) is 0.401. The van der Waals surface area contributed by atoms with Crippen LogP contribution in [0.25, 0.3) is 0 Å². The average molecular weight is 243 g/mol. The van der Waals surface area contributed by atoms with Crippen molar-refractivity contribution >= 4 is 35.0 Å². The first-order chi connectivity index (χ1) is 6.46. The number of ether oxygens (including phenoxy) is 2. The summed E-state index contributed by atoms with van der Waals surface area (Å²) in [5.74, 6) is -1.56. The van der Waals surface area contributed by atoms with Crippen LogP contribution in [0.5, 0.6) is 0 Å². The normalized spacial score (nSPS) is 11.1. The summed E-state index contributed by atoms with van der Waals surface area (Å²) in [6, 6.07) is 0. The van der Waals surface area contributed by atoms with Gasteiger partial charge in [-0.1, -0.05) is 23.2 Å². The van der Waals surface area contributed by atoms with Gasteiger partial charge in [0.2, 0.25) is 0 Å². The topological polar surface area (TPSA) is 52.6 Å². The second-order valence-electron chi connectivity index (χ2n) is 2.46. The van der Waals surface area contributed by atoms with Crippen LogP contribution in [0.2, 0.25) is 0 Å². The largest absolute Gasteiger partial charge is 0.463 e. The Morgan fingerprint density at radius 1 is 1.36 bits per heavy atom. The molecule has 0 bridgehead atoms. The lowest BCUT2D eigenvalue weighted by atomic mass is 10.2. The average Bonchev–Trinajstić information content (AvgIpc) is 2.14. The molecule has 0 aromatic heterocycles. The van der Waals surface area contributed by atoms with E-state index >= 15 is 0 Å². The van der Waals surface area contributed by atoms with Gasteiger partial charge in [-0.3, -0.25) is 4.79 Å². The highest BCUT2D eigenvalue weighted by atomic mass is 35.5. The summed E-state index contributed by atoms with van der Waals surface area (Å²) in [7, 11) is 1.43. The molecule has 0 aliphatic carbocycles. The van der Waals surface area contributed by atoms with Gasteiger partial charge < -0.3 is 9.47 Å². The first kappa shape index (κ1) is 13.7. The van der Waals surface area contributed by atoms with Gasteiger partial charge in [0.1, 0.15) is 0 Å². The minimum Gasteiger partial charge on any atom is -0.463 e. The highest BCUT2D eigenvalue weighted by molar-refractivity contribution is 6.67. The zero-order valence-corrected chi connectivity index (χ0v) is 9.52. The van der Waals surface area contributed by atoms with Crippen molar-refractivity contribution in [3.05, 3.63) is 0 Å². The fourth-order valence-corrected chi connectivity index (χ4v) is 0.985. The molecule has 0 saturated carbocycles. The van der Waals surface area contributed by atoms with Crippen LogP contribution >= 0.6 is 23.2 Å². The van der Waals surface area contributed by atoms with E-state index in [1.54, 1.807) is 6.92 Å². The number of hydrogen-bond acceptors (Lipinski definition) is 4. The van der Waals surface area contributed by atoms with Crippen molar-refractivity contribution in [1.29, 1.82) is 0 Å². The fourth-order valence-electron chi connectivity index (χ4n) is 0.687. The van der Waals surface area contributed by atoms with E-state index < -0.39 is 16.1 Å². The Hall–Kier alpha value is -0.320. The molecule has 0 saturated heterocycles. The molecule has 0 unspecified atom stereocenters. The highest BCUT2D eigenvalue weighted by Crippen LogP contribution is 2.25. The first-order valence-corrected chi connectivity index (χ1v) is 4.79. The summed E-state index contributed by atoms with van der Waals surface area (Å²) in [6.07, 6.45) is -0.0255. The molecule has 14 heavy (non-hydrogen) atoms. The summed E-state index contributed by atoms with van der Waals surface area (Å²) in [5, 5.41) is 0. The van der Waals surface area contributed by atoms with Crippen molar-refractivity contribution in [1.82, 2.24) is 0 Å². The van der Waals surface area contributed by atoms with E-state index in [4.69, 9.17) is 23.2 Å². The number of carbonyl (C=O) groups excluding carboxylic acids is 2. The number of halogens is 2. The maximum Gasteiger partial charge on any atom is 0.350 e. The summed E-state index contributed by atoms with van der Waals surface area (Å²) >= 11 is 11.1. The molecular weight excluding hydrogens is 231 g/mol. The van der Waals surface area contributed by atoms with Crippen LogP contribution in [-0.4, -0.2) is 36.4 Å². The number of hydrogen-bond donors (Lipinski definition) is 0. The molecule has 0 atom stereocenters. The number of ketones is 1. The standard InChI is InChI=1S/C8H12Cl2O4/c1-3-14-7(12)8(9,10)6(11)4-5-13-2/h3-5H2,1-2H3. The van der Waals surface area contributed by atoms with Crippen molar-refractivity contribution in [3.63, 3.8) is 0 Å². The van der Waals surface area contributed by atoms with Crippen molar-refractivity contribution in [2.75, 3.05) is 20.3 Å². The number of carbonyl (C=O) groups is 2. The smallest absolute Gasteiger partial charge is 0.350 e. The molecule has 0 amide bonds. The van der Waals surface area contributed by atoms with Gasteiger partial charge in [-0.05, 0) is 6.92 Å². The van der Waals surface area contributed by atoms with Gasteiger partial charge in [0.25, 0.3) is 4.33 Å². The van der Waals surface area contributed by atoms with Crippen LogP contribution in [0.4, 0.5) is 0 Å². The van der Waals surface area contributed by atoms with Gasteiger partial charge >= 0.3 is 5.97 Å². The van der Waals surface area contributed by atoms with Crippen LogP contribution in [0.15, 0.2) is 0 Å². The molecule has 0 radical (unpaired) electrons. The number of methoxy groups -OCH3 is 1. The van der Waals surface area contributed by atoms with Crippen LogP contribution in [0.1, 0.15) is 13.3 Å². The summed E-state index contributed by atoms with van der Waals surface area (Å²) in [4.78, 5) is 22.4. The van der Waals surface area contributed by atoms with Crippen molar-refractivity contribution in [2.24, 2.45) is 0 Å². The maximum absolute atomic E-state index is 11.3. The minimum absolute atomic E-state index is 0.0255. The predicted octanol–water partition coefficient (Wildman–Crippen LogP) is 1.33. The molecule has 82 valence electrons. The molecule has 0 aromatic rings. The van der Waals surface area contributed by atoms with Gasteiger partial charge in [-0.2, -0.15) is 0 Å². The maximum atomic E-state index is 11.3. The Morgan fingerprint density at radius 2 is 1.93 bits per heavy atom. The Labute approximate surface area is 92.5 Å². The Bertz CT molecular complexity index is 215. The molecule has 0 N–H and O–H groups in total. The van der Waals surface area contributed by atoms with Crippen molar-refractivity contribution in [2.45, 2.75) is 17.7 Å². The summed E-state index contributed by atoms with van der Waals surface area (Å²) in [5.41, 5.74) is 0. The van der Waals surface area contributed by atoms with E-state index in [0.29, 0.717) is 0 Å². The predicted molar refractivity (Wildman–Crippen MR) is 52.6 cm³/mol. The molecule has 0 spiro atoms. The molecule has 0 fully saturated rings. The van der Waals surface area contributed by atoms with Gasteiger partial charge in [-0.25, -0.2) is 4.79 Å². The van der Waals surface area contributed by atoms with Crippen LogP contribution in [-0.2, 0) is 19.1 Å². The third-order valence-electron chi connectivity index (χ3n) is 1.42. The summed E-state index contributed by atoms with van der Waals surface area (Å²) < 4.78 is 7.08.